The Bertz CT molecular complexity index is 340. The lowest BCUT2D eigenvalue weighted by Crippen LogP contribution is -2.37. The van der Waals surface area contributed by atoms with E-state index in [4.69, 9.17) is 0 Å². The number of benzene rings is 1. The van der Waals surface area contributed by atoms with Gasteiger partial charge in [0.2, 0.25) is 5.91 Å². The van der Waals surface area contributed by atoms with Gasteiger partial charge in [-0.15, -0.1) is 0 Å². The van der Waals surface area contributed by atoms with E-state index < -0.39 is 0 Å². The van der Waals surface area contributed by atoms with E-state index in [9.17, 15) is 4.79 Å². The zero-order valence-electron chi connectivity index (χ0n) is 11.3. The number of nitrogens with zero attached hydrogens (tertiary/aromatic N) is 1. The number of hydrogen-bond acceptors (Lipinski definition) is 3. The van der Waals surface area contributed by atoms with Gasteiger partial charge in [-0.05, 0) is 19.2 Å². The maximum Gasteiger partial charge on any atom is 0.234 e. The Hall–Kier alpha value is -1.39. The van der Waals surface area contributed by atoms with Crippen LogP contribution in [0.4, 0.5) is 0 Å². The molecule has 0 aliphatic rings. The Kier molecular flexibility index (Phi) is 7.06. The molecule has 0 spiro atoms. The van der Waals surface area contributed by atoms with E-state index in [-0.39, 0.29) is 5.91 Å². The van der Waals surface area contributed by atoms with E-state index in [1.807, 2.05) is 30.3 Å². The molecule has 18 heavy (non-hydrogen) atoms. The van der Waals surface area contributed by atoms with E-state index in [1.165, 1.54) is 0 Å². The van der Waals surface area contributed by atoms with Crippen molar-refractivity contribution in [3.63, 3.8) is 0 Å². The number of amides is 1. The van der Waals surface area contributed by atoms with Crippen LogP contribution in [0.5, 0.6) is 0 Å². The second-order valence-corrected chi connectivity index (χ2v) is 4.34. The molecule has 4 nitrogen and oxygen atoms in total. The highest BCUT2D eigenvalue weighted by Gasteiger charge is 2.00. The Balaban J connectivity index is 2.07. The number of hydrogen-bond donors (Lipinski definition) is 2. The molecule has 1 amide bonds. The highest BCUT2D eigenvalue weighted by Crippen LogP contribution is 1.96. The summed E-state index contributed by atoms with van der Waals surface area (Å²) in [5, 5.41) is 6.02. The minimum absolute atomic E-state index is 0.0398. The van der Waals surface area contributed by atoms with Crippen LogP contribution >= 0.6 is 0 Å². The van der Waals surface area contributed by atoms with Crippen LogP contribution in [-0.4, -0.2) is 44.0 Å². The van der Waals surface area contributed by atoms with Crippen molar-refractivity contribution in [2.45, 2.75) is 13.5 Å². The SMILES string of the molecule is CCN(C)CCNCC(=O)NCc1ccccc1. The molecule has 4 heteroatoms. The van der Waals surface area contributed by atoms with Crippen molar-refractivity contribution in [1.29, 1.82) is 0 Å². The molecule has 0 heterocycles. The second kappa shape index (κ2) is 8.66. The fraction of sp³-hybridized carbons (Fsp3) is 0.500. The summed E-state index contributed by atoms with van der Waals surface area (Å²) >= 11 is 0. The molecule has 1 rings (SSSR count). The molecule has 0 aliphatic heterocycles. The molecule has 0 unspecified atom stereocenters. The normalized spacial score (nSPS) is 10.6. The lowest BCUT2D eigenvalue weighted by atomic mass is 10.2. The summed E-state index contributed by atoms with van der Waals surface area (Å²) in [5.74, 6) is 0.0398. The summed E-state index contributed by atoms with van der Waals surface area (Å²) in [6.45, 7) is 5.92. The Morgan fingerprint density at radius 1 is 1.28 bits per heavy atom. The van der Waals surface area contributed by atoms with Crippen LogP contribution in [0.3, 0.4) is 0 Å². The van der Waals surface area contributed by atoms with Gasteiger partial charge in [0.1, 0.15) is 0 Å². The van der Waals surface area contributed by atoms with Crippen LogP contribution in [0, 0.1) is 0 Å². The lowest BCUT2D eigenvalue weighted by molar-refractivity contribution is -0.120. The molecular weight excluding hydrogens is 226 g/mol. The molecule has 2 N–H and O–H groups in total. The van der Waals surface area contributed by atoms with E-state index in [0.29, 0.717) is 13.1 Å². The van der Waals surface area contributed by atoms with Gasteiger partial charge in [-0.25, -0.2) is 0 Å². The number of nitrogens with one attached hydrogen (secondary N) is 2. The maximum atomic E-state index is 11.5. The quantitative estimate of drug-likeness (QED) is 0.671. The molecule has 0 fully saturated rings. The van der Waals surface area contributed by atoms with Gasteiger partial charge >= 0.3 is 0 Å². The van der Waals surface area contributed by atoms with Crippen LogP contribution < -0.4 is 10.6 Å². The van der Waals surface area contributed by atoms with Gasteiger partial charge in [0, 0.05) is 19.6 Å². The van der Waals surface area contributed by atoms with Crippen LogP contribution in [0.25, 0.3) is 0 Å². The highest BCUT2D eigenvalue weighted by atomic mass is 16.1. The predicted octanol–water partition coefficient (Wildman–Crippen LogP) is 0.844. The number of rotatable bonds is 8. The van der Waals surface area contributed by atoms with Gasteiger partial charge in [-0.3, -0.25) is 4.79 Å². The first-order valence-electron chi connectivity index (χ1n) is 6.42. The number of carbonyl (C=O) groups is 1. The van der Waals surface area contributed by atoms with E-state index in [2.05, 4.69) is 29.5 Å². The largest absolute Gasteiger partial charge is 0.351 e. The summed E-state index contributed by atoms with van der Waals surface area (Å²) in [5.41, 5.74) is 1.12. The van der Waals surface area contributed by atoms with Gasteiger partial charge in [-0.1, -0.05) is 37.3 Å². The molecule has 0 aromatic heterocycles. The van der Waals surface area contributed by atoms with Crippen molar-refractivity contribution in [1.82, 2.24) is 15.5 Å². The third-order valence-corrected chi connectivity index (χ3v) is 2.83. The second-order valence-electron chi connectivity index (χ2n) is 4.34. The van der Waals surface area contributed by atoms with Crippen molar-refractivity contribution in [2.24, 2.45) is 0 Å². The topological polar surface area (TPSA) is 44.4 Å². The van der Waals surface area contributed by atoms with Gasteiger partial charge in [0.05, 0.1) is 6.54 Å². The zero-order valence-corrected chi connectivity index (χ0v) is 11.3. The van der Waals surface area contributed by atoms with Gasteiger partial charge in [0.25, 0.3) is 0 Å². The smallest absolute Gasteiger partial charge is 0.234 e. The predicted molar refractivity (Wildman–Crippen MR) is 74.3 cm³/mol. The molecule has 0 bridgehead atoms. The van der Waals surface area contributed by atoms with Crippen LogP contribution in [-0.2, 0) is 11.3 Å². The highest BCUT2D eigenvalue weighted by molar-refractivity contribution is 5.77. The summed E-state index contributed by atoms with van der Waals surface area (Å²) in [6.07, 6.45) is 0. The average molecular weight is 249 g/mol. The molecular formula is C14H23N3O. The third kappa shape index (κ3) is 6.37. The molecule has 1 aromatic carbocycles. The Morgan fingerprint density at radius 3 is 2.67 bits per heavy atom. The Labute approximate surface area is 109 Å². The van der Waals surface area contributed by atoms with Crippen molar-refractivity contribution < 1.29 is 4.79 Å². The van der Waals surface area contributed by atoms with Crippen molar-refractivity contribution in [3.05, 3.63) is 35.9 Å². The van der Waals surface area contributed by atoms with Gasteiger partial charge in [-0.2, -0.15) is 0 Å². The summed E-state index contributed by atoms with van der Waals surface area (Å²) < 4.78 is 0. The summed E-state index contributed by atoms with van der Waals surface area (Å²) in [6, 6.07) is 9.92. The molecule has 0 saturated carbocycles. The Morgan fingerprint density at radius 2 is 2.00 bits per heavy atom. The van der Waals surface area contributed by atoms with Gasteiger partial charge < -0.3 is 15.5 Å². The van der Waals surface area contributed by atoms with Crippen molar-refractivity contribution >= 4 is 5.91 Å². The number of likely N-dealkylation sites (N-methyl/N-ethyl adjacent to an activating group) is 1. The summed E-state index contributed by atoms with van der Waals surface area (Å²) in [7, 11) is 2.07. The minimum Gasteiger partial charge on any atom is -0.351 e. The minimum atomic E-state index is 0.0398. The fourth-order valence-corrected chi connectivity index (χ4v) is 1.49. The molecule has 100 valence electrons. The van der Waals surface area contributed by atoms with E-state index in [0.717, 1.165) is 25.2 Å². The van der Waals surface area contributed by atoms with Crippen molar-refractivity contribution in [3.8, 4) is 0 Å². The third-order valence-electron chi connectivity index (χ3n) is 2.83. The fourth-order valence-electron chi connectivity index (χ4n) is 1.49. The first kappa shape index (κ1) is 14.7. The number of carbonyl (C=O) groups excluding carboxylic acids is 1. The molecule has 0 atom stereocenters. The molecule has 0 aliphatic carbocycles. The van der Waals surface area contributed by atoms with Crippen molar-refractivity contribution in [2.75, 3.05) is 33.2 Å². The van der Waals surface area contributed by atoms with E-state index in [1.54, 1.807) is 0 Å². The first-order valence-corrected chi connectivity index (χ1v) is 6.42. The van der Waals surface area contributed by atoms with Gasteiger partial charge in [0.15, 0.2) is 0 Å². The van der Waals surface area contributed by atoms with Crippen LogP contribution in [0.2, 0.25) is 0 Å². The molecule has 1 aromatic rings. The van der Waals surface area contributed by atoms with Crippen LogP contribution in [0.15, 0.2) is 30.3 Å². The summed E-state index contributed by atoms with van der Waals surface area (Å²) in [4.78, 5) is 13.7. The standard InChI is InChI=1S/C14H23N3O/c1-3-17(2)10-9-15-12-14(18)16-11-13-7-5-4-6-8-13/h4-8,15H,3,9-12H2,1-2H3,(H,16,18). The van der Waals surface area contributed by atoms with E-state index >= 15 is 0 Å². The van der Waals surface area contributed by atoms with Crippen LogP contribution in [0.1, 0.15) is 12.5 Å². The molecule has 0 saturated heterocycles. The molecule has 0 radical (unpaired) electrons. The lowest BCUT2D eigenvalue weighted by Gasteiger charge is -2.13. The monoisotopic (exact) mass is 249 g/mol. The zero-order chi connectivity index (χ0) is 13.2. The average Bonchev–Trinajstić information content (AvgIpc) is 2.42. The first-order chi connectivity index (χ1) is 8.72. The maximum absolute atomic E-state index is 11.5.